The Morgan fingerprint density at radius 3 is 2.64 bits per heavy atom. The Kier molecular flexibility index (Phi) is 3.90. The Bertz CT molecular complexity index is 105. The van der Waals surface area contributed by atoms with Gasteiger partial charge in [-0.2, -0.15) is 0 Å². The summed E-state index contributed by atoms with van der Waals surface area (Å²) in [6.07, 6.45) is 2.16. The normalized spacial score (nSPS) is 22.0. The summed E-state index contributed by atoms with van der Waals surface area (Å²) in [4.78, 5) is 2.14. The van der Waals surface area contributed by atoms with Gasteiger partial charge in [0.2, 0.25) is 0 Å². The molecule has 0 aromatic carbocycles. The maximum atomic E-state index is 8.85. The molecule has 1 fully saturated rings. The van der Waals surface area contributed by atoms with Gasteiger partial charge in [0.1, 0.15) is 0 Å². The van der Waals surface area contributed by atoms with Gasteiger partial charge < -0.3 is 14.6 Å². The number of aliphatic hydroxyl groups excluding tert-OH is 1. The predicted octanol–water partition coefficient (Wildman–Crippen LogP) is -0.129. The third-order valence-electron chi connectivity index (χ3n) is 2.16. The minimum atomic E-state index is 0.334. The summed E-state index contributed by atoms with van der Waals surface area (Å²) in [5.41, 5.74) is 0. The second kappa shape index (κ2) is 4.75. The molecule has 0 aromatic heterocycles. The first kappa shape index (κ1) is 9.04. The minimum Gasteiger partial charge on any atom is -0.427 e. The first-order chi connectivity index (χ1) is 5.36. The Morgan fingerprint density at radius 1 is 1.55 bits per heavy atom. The fourth-order valence-corrected chi connectivity index (χ4v) is 1.39. The van der Waals surface area contributed by atoms with E-state index in [1.807, 2.05) is 0 Å². The van der Waals surface area contributed by atoms with Crippen LogP contribution in [-0.4, -0.2) is 44.3 Å². The van der Waals surface area contributed by atoms with Gasteiger partial charge in [-0.25, -0.2) is 0 Å². The van der Waals surface area contributed by atoms with E-state index in [4.69, 9.17) is 9.76 Å². The summed E-state index contributed by atoms with van der Waals surface area (Å²) in [6.45, 7) is 2.36. The molecule has 63 valence electrons. The van der Waals surface area contributed by atoms with E-state index in [0.717, 1.165) is 25.9 Å². The summed E-state index contributed by atoms with van der Waals surface area (Å²) >= 11 is 0. The van der Waals surface area contributed by atoms with Crippen molar-refractivity contribution >= 4 is 7.62 Å². The van der Waals surface area contributed by atoms with Gasteiger partial charge in [0.25, 0.3) is 0 Å². The van der Waals surface area contributed by atoms with E-state index in [2.05, 4.69) is 4.81 Å². The second-order valence-electron chi connectivity index (χ2n) is 3.00. The summed E-state index contributed by atoms with van der Waals surface area (Å²) in [6, 6.07) is 0. The van der Waals surface area contributed by atoms with Gasteiger partial charge >= 0.3 is 7.62 Å². The van der Waals surface area contributed by atoms with Gasteiger partial charge in [-0.3, -0.25) is 0 Å². The van der Waals surface area contributed by atoms with Crippen LogP contribution < -0.4 is 0 Å². The second-order valence-corrected chi connectivity index (χ2v) is 3.00. The highest BCUT2D eigenvalue weighted by atomic mass is 16.4. The predicted molar refractivity (Wildman–Crippen MR) is 44.1 cm³/mol. The van der Waals surface area contributed by atoms with Crippen LogP contribution in [-0.2, 0) is 4.65 Å². The van der Waals surface area contributed by atoms with Crippen molar-refractivity contribution in [2.75, 3.05) is 26.8 Å². The summed E-state index contributed by atoms with van der Waals surface area (Å²) in [5, 5.41) is 8.85. The van der Waals surface area contributed by atoms with Crippen molar-refractivity contribution < 1.29 is 9.76 Å². The Hall–Kier alpha value is -0.0551. The van der Waals surface area contributed by atoms with Crippen molar-refractivity contribution in [3.05, 3.63) is 0 Å². The van der Waals surface area contributed by atoms with Crippen LogP contribution in [0, 0.1) is 5.92 Å². The molecule has 0 unspecified atom stereocenters. The van der Waals surface area contributed by atoms with E-state index in [9.17, 15) is 0 Å². The van der Waals surface area contributed by atoms with E-state index in [0.29, 0.717) is 12.5 Å². The van der Waals surface area contributed by atoms with Gasteiger partial charge in [0.15, 0.2) is 0 Å². The molecule has 0 aromatic rings. The van der Waals surface area contributed by atoms with Crippen LogP contribution >= 0.6 is 0 Å². The fraction of sp³-hybridized carbons (Fsp3) is 1.00. The van der Waals surface area contributed by atoms with Crippen LogP contribution in [0.25, 0.3) is 0 Å². The zero-order valence-electron chi connectivity index (χ0n) is 6.99. The number of hydrogen-bond acceptors (Lipinski definition) is 3. The van der Waals surface area contributed by atoms with Gasteiger partial charge in [0, 0.05) is 13.7 Å². The number of nitrogens with zero attached hydrogens (tertiary/aromatic N) is 1. The summed E-state index contributed by atoms with van der Waals surface area (Å²) in [5.74, 6) is 0.511. The lowest BCUT2D eigenvalue weighted by atomic mass is 9.95. The molecule has 11 heavy (non-hydrogen) atoms. The molecule has 0 spiro atoms. The smallest absolute Gasteiger partial charge is 0.398 e. The quantitative estimate of drug-likeness (QED) is 0.577. The highest BCUT2D eigenvalue weighted by molar-refractivity contribution is 6.23. The molecule has 0 bridgehead atoms. The zero-order valence-corrected chi connectivity index (χ0v) is 6.99. The maximum absolute atomic E-state index is 8.85. The van der Waals surface area contributed by atoms with Crippen LogP contribution in [0.4, 0.5) is 0 Å². The zero-order chi connectivity index (χ0) is 8.10. The molecule has 1 saturated heterocycles. The molecule has 3 nitrogen and oxygen atoms in total. The third kappa shape index (κ3) is 2.81. The molecule has 1 N–H and O–H groups in total. The van der Waals surface area contributed by atoms with Crippen molar-refractivity contribution in [3.8, 4) is 0 Å². The number of hydrogen-bond donors (Lipinski definition) is 1. The standard InChI is InChI=1S/C7H15BNO2/c1-11-8-9-4-2-7(6-10)3-5-9/h7,10H,2-6H2,1H3. The first-order valence-corrected chi connectivity index (χ1v) is 4.08. The number of aliphatic hydroxyl groups is 1. The molecule has 0 amide bonds. The molecular formula is C7H15BNO2. The van der Waals surface area contributed by atoms with Crippen molar-refractivity contribution in [1.82, 2.24) is 4.81 Å². The average Bonchev–Trinajstić information content (AvgIpc) is 2.07. The van der Waals surface area contributed by atoms with Gasteiger partial charge in [-0.1, -0.05) is 0 Å². The molecule has 4 heteroatoms. The molecule has 1 heterocycles. The molecule has 0 aliphatic carbocycles. The molecular weight excluding hydrogens is 141 g/mol. The lowest BCUT2D eigenvalue weighted by molar-refractivity contribution is 0.163. The van der Waals surface area contributed by atoms with E-state index < -0.39 is 0 Å². The summed E-state index contributed by atoms with van der Waals surface area (Å²) < 4.78 is 4.89. The van der Waals surface area contributed by atoms with E-state index in [1.165, 1.54) is 0 Å². The highest BCUT2D eigenvalue weighted by Gasteiger charge is 2.18. The SMILES string of the molecule is CO[B]N1CCC(CO)CC1. The Morgan fingerprint density at radius 2 is 2.18 bits per heavy atom. The van der Waals surface area contributed by atoms with E-state index >= 15 is 0 Å². The molecule has 0 atom stereocenters. The van der Waals surface area contributed by atoms with Crippen LogP contribution in [0.3, 0.4) is 0 Å². The van der Waals surface area contributed by atoms with Crippen LogP contribution in [0.2, 0.25) is 0 Å². The van der Waals surface area contributed by atoms with E-state index in [1.54, 1.807) is 14.7 Å². The van der Waals surface area contributed by atoms with Gasteiger partial charge in [-0.05, 0) is 31.8 Å². The number of rotatable bonds is 3. The number of piperidine rings is 1. The van der Waals surface area contributed by atoms with Crippen molar-refractivity contribution in [2.45, 2.75) is 12.8 Å². The fourth-order valence-electron chi connectivity index (χ4n) is 1.39. The molecule has 1 radical (unpaired) electrons. The maximum Gasteiger partial charge on any atom is 0.398 e. The largest absolute Gasteiger partial charge is 0.427 e. The highest BCUT2D eigenvalue weighted by Crippen LogP contribution is 2.14. The molecule has 1 aliphatic rings. The van der Waals surface area contributed by atoms with Gasteiger partial charge in [-0.15, -0.1) is 0 Å². The molecule has 1 aliphatic heterocycles. The summed E-state index contributed by atoms with van der Waals surface area (Å²) in [7, 11) is 3.42. The van der Waals surface area contributed by atoms with Crippen LogP contribution in [0.1, 0.15) is 12.8 Å². The lowest BCUT2D eigenvalue weighted by Gasteiger charge is -2.29. The van der Waals surface area contributed by atoms with Crippen LogP contribution in [0.15, 0.2) is 0 Å². The Labute approximate surface area is 68.6 Å². The van der Waals surface area contributed by atoms with Crippen molar-refractivity contribution in [3.63, 3.8) is 0 Å². The monoisotopic (exact) mass is 156 g/mol. The van der Waals surface area contributed by atoms with Gasteiger partial charge in [0.05, 0.1) is 0 Å². The minimum absolute atomic E-state index is 0.334. The first-order valence-electron chi connectivity index (χ1n) is 4.08. The van der Waals surface area contributed by atoms with E-state index in [-0.39, 0.29) is 0 Å². The molecule has 1 rings (SSSR count). The topological polar surface area (TPSA) is 32.7 Å². The lowest BCUT2D eigenvalue weighted by Crippen LogP contribution is -2.38. The van der Waals surface area contributed by atoms with Crippen molar-refractivity contribution in [1.29, 1.82) is 0 Å². The average molecular weight is 156 g/mol. The third-order valence-corrected chi connectivity index (χ3v) is 2.16. The van der Waals surface area contributed by atoms with Crippen molar-refractivity contribution in [2.24, 2.45) is 5.92 Å². The van der Waals surface area contributed by atoms with Crippen LogP contribution in [0.5, 0.6) is 0 Å². The molecule has 0 saturated carbocycles. The Balaban J connectivity index is 2.14.